The highest BCUT2D eigenvalue weighted by atomic mass is 15.0. The third-order valence-corrected chi connectivity index (χ3v) is 6.03. The highest BCUT2D eigenvalue weighted by molar-refractivity contribution is 6.09. The Morgan fingerprint density at radius 1 is 0.355 bits per heavy atom. The Morgan fingerprint density at radius 2 is 0.839 bits per heavy atom. The van der Waals surface area contributed by atoms with E-state index in [0.717, 1.165) is 0 Å². The molecule has 1 heterocycles. The first-order valence-corrected chi connectivity index (χ1v) is 10.6. The van der Waals surface area contributed by atoms with Gasteiger partial charge in [-0.25, -0.2) is 0 Å². The maximum Gasteiger partial charge on any atom is 0.0541 e. The van der Waals surface area contributed by atoms with Gasteiger partial charge in [-0.15, -0.1) is 0 Å². The SMILES string of the molecule is c1ccc(-c2ccc(-c3ccccc3-n3c4ccccc4c4ccccc43)cc2)cc1. The molecule has 0 saturated carbocycles. The van der Waals surface area contributed by atoms with Crippen molar-refractivity contribution in [3.63, 3.8) is 0 Å². The van der Waals surface area contributed by atoms with E-state index < -0.39 is 0 Å². The predicted molar refractivity (Wildman–Crippen MR) is 132 cm³/mol. The van der Waals surface area contributed by atoms with E-state index in [1.165, 1.54) is 49.7 Å². The zero-order valence-corrected chi connectivity index (χ0v) is 17.1. The molecule has 0 fully saturated rings. The fourth-order valence-corrected chi connectivity index (χ4v) is 4.57. The van der Waals surface area contributed by atoms with Crippen molar-refractivity contribution in [1.29, 1.82) is 0 Å². The van der Waals surface area contributed by atoms with Crippen molar-refractivity contribution >= 4 is 21.8 Å². The Labute approximate surface area is 181 Å². The minimum absolute atomic E-state index is 1.20. The Hall–Kier alpha value is -4.10. The number of hydrogen-bond acceptors (Lipinski definition) is 0. The van der Waals surface area contributed by atoms with Crippen LogP contribution in [0.4, 0.5) is 0 Å². The quantitative estimate of drug-likeness (QED) is 0.285. The summed E-state index contributed by atoms with van der Waals surface area (Å²) in [5.74, 6) is 0. The van der Waals surface area contributed by atoms with Crippen LogP contribution in [0.5, 0.6) is 0 Å². The second-order valence-electron chi connectivity index (χ2n) is 7.83. The number of aromatic nitrogens is 1. The predicted octanol–water partition coefficient (Wildman–Crippen LogP) is 8.12. The van der Waals surface area contributed by atoms with Crippen LogP contribution in [0.1, 0.15) is 0 Å². The molecule has 0 aliphatic carbocycles. The largest absolute Gasteiger partial charge is 0.309 e. The zero-order chi connectivity index (χ0) is 20.6. The van der Waals surface area contributed by atoms with E-state index in [1.54, 1.807) is 0 Å². The average Bonchev–Trinajstić information content (AvgIpc) is 3.19. The fraction of sp³-hybridized carbons (Fsp3) is 0. The third kappa shape index (κ3) is 2.94. The molecule has 146 valence electrons. The number of benzene rings is 5. The summed E-state index contributed by atoms with van der Waals surface area (Å²) in [6.07, 6.45) is 0. The summed E-state index contributed by atoms with van der Waals surface area (Å²) in [5, 5.41) is 2.57. The summed E-state index contributed by atoms with van der Waals surface area (Å²) in [4.78, 5) is 0. The summed E-state index contributed by atoms with van der Waals surface area (Å²) in [6.45, 7) is 0. The van der Waals surface area contributed by atoms with Crippen molar-refractivity contribution in [3.05, 3.63) is 127 Å². The van der Waals surface area contributed by atoms with Gasteiger partial charge in [-0.05, 0) is 34.9 Å². The molecule has 0 radical (unpaired) electrons. The normalized spacial score (nSPS) is 11.2. The molecule has 6 rings (SSSR count). The lowest BCUT2D eigenvalue weighted by Crippen LogP contribution is -1.96. The Kier molecular flexibility index (Phi) is 4.18. The minimum Gasteiger partial charge on any atom is -0.309 e. The molecule has 5 aromatic carbocycles. The van der Waals surface area contributed by atoms with Gasteiger partial charge in [-0.1, -0.05) is 109 Å². The van der Waals surface area contributed by atoms with Gasteiger partial charge in [0.05, 0.1) is 16.7 Å². The monoisotopic (exact) mass is 395 g/mol. The highest BCUT2D eigenvalue weighted by Crippen LogP contribution is 2.36. The van der Waals surface area contributed by atoms with Crippen molar-refractivity contribution in [2.45, 2.75) is 0 Å². The molecule has 0 aliphatic heterocycles. The van der Waals surface area contributed by atoms with Crippen molar-refractivity contribution < 1.29 is 0 Å². The third-order valence-electron chi connectivity index (χ3n) is 6.03. The van der Waals surface area contributed by atoms with Gasteiger partial charge in [0.2, 0.25) is 0 Å². The second-order valence-corrected chi connectivity index (χ2v) is 7.83. The minimum atomic E-state index is 1.20. The maximum absolute atomic E-state index is 2.39. The summed E-state index contributed by atoms with van der Waals surface area (Å²) in [7, 11) is 0. The molecular formula is C30H21N. The van der Waals surface area contributed by atoms with Gasteiger partial charge >= 0.3 is 0 Å². The number of nitrogens with zero attached hydrogens (tertiary/aromatic N) is 1. The van der Waals surface area contributed by atoms with Crippen molar-refractivity contribution in [1.82, 2.24) is 4.57 Å². The summed E-state index contributed by atoms with van der Waals surface area (Å²) in [5.41, 5.74) is 8.59. The molecule has 0 saturated heterocycles. The molecular weight excluding hydrogens is 374 g/mol. The van der Waals surface area contributed by atoms with E-state index in [0.29, 0.717) is 0 Å². The lowest BCUT2D eigenvalue weighted by molar-refractivity contribution is 1.18. The lowest BCUT2D eigenvalue weighted by atomic mass is 9.99. The van der Waals surface area contributed by atoms with Crippen LogP contribution in [-0.2, 0) is 0 Å². The molecule has 1 aromatic heterocycles. The van der Waals surface area contributed by atoms with E-state index in [1.807, 2.05) is 0 Å². The van der Waals surface area contributed by atoms with Gasteiger partial charge < -0.3 is 4.57 Å². The maximum atomic E-state index is 2.39. The molecule has 0 N–H and O–H groups in total. The Balaban J connectivity index is 1.56. The van der Waals surface area contributed by atoms with Crippen LogP contribution in [-0.4, -0.2) is 4.57 Å². The van der Waals surface area contributed by atoms with Crippen LogP contribution in [0.15, 0.2) is 127 Å². The first kappa shape index (κ1) is 17.7. The van der Waals surface area contributed by atoms with Crippen molar-refractivity contribution in [2.75, 3.05) is 0 Å². The first-order valence-electron chi connectivity index (χ1n) is 10.6. The van der Waals surface area contributed by atoms with Crippen LogP contribution in [0, 0.1) is 0 Å². The smallest absolute Gasteiger partial charge is 0.0541 e. The Bertz CT molecular complexity index is 1450. The molecule has 6 aromatic rings. The molecule has 0 atom stereocenters. The van der Waals surface area contributed by atoms with E-state index >= 15 is 0 Å². The summed E-state index contributed by atoms with van der Waals surface area (Å²) in [6, 6.07) is 45.4. The van der Waals surface area contributed by atoms with E-state index in [9.17, 15) is 0 Å². The molecule has 1 heteroatoms. The van der Waals surface area contributed by atoms with E-state index in [4.69, 9.17) is 0 Å². The van der Waals surface area contributed by atoms with Crippen LogP contribution in [0.25, 0.3) is 49.7 Å². The number of rotatable bonds is 3. The average molecular weight is 396 g/mol. The Morgan fingerprint density at radius 3 is 1.52 bits per heavy atom. The zero-order valence-electron chi connectivity index (χ0n) is 17.1. The summed E-state index contributed by atoms with van der Waals surface area (Å²) >= 11 is 0. The van der Waals surface area contributed by atoms with Crippen molar-refractivity contribution in [3.8, 4) is 27.9 Å². The van der Waals surface area contributed by atoms with Gasteiger partial charge in [-0.3, -0.25) is 0 Å². The van der Waals surface area contributed by atoms with Crippen LogP contribution in [0.2, 0.25) is 0 Å². The van der Waals surface area contributed by atoms with Crippen LogP contribution < -0.4 is 0 Å². The van der Waals surface area contributed by atoms with Gasteiger partial charge in [-0.2, -0.15) is 0 Å². The molecule has 0 unspecified atom stereocenters. The molecule has 0 amide bonds. The van der Waals surface area contributed by atoms with Gasteiger partial charge in [0.15, 0.2) is 0 Å². The van der Waals surface area contributed by atoms with E-state index in [2.05, 4.69) is 132 Å². The lowest BCUT2D eigenvalue weighted by Gasteiger charge is -2.14. The molecule has 0 aliphatic rings. The molecule has 0 spiro atoms. The standard InChI is InChI=1S/C30H21N/c1-2-10-22(11-3-1)23-18-20-24(21-19-23)25-12-4-7-15-28(25)31-29-16-8-5-13-26(29)27-14-6-9-17-30(27)31/h1-21H. The van der Waals surface area contributed by atoms with Gasteiger partial charge in [0, 0.05) is 16.3 Å². The molecule has 0 bridgehead atoms. The number of para-hydroxylation sites is 3. The number of hydrogen-bond donors (Lipinski definition) is 0. The topological polar surface area (TPSA) is 4.93 Å². The first-order chi connectivity index (χ1) is 15.4. The highest BCUT2D eigenvalue weighted by Gasteiger charge is 2.14. The van der Waals surface area contributed by atoms with Crippen molar-refractivity contribution in [2.24, 2.45) is 0 Å². The second kappa shape index (κ2) is 7.30. The van der Waals surface area contributed by atoms with Crippen LogP contribution >= 0.6 is 0 Å². The van der Waals surface area contributed by atoms with Gasteiger partial charge in [0.25, 0.3) is 0 Å². The van der Waals surface area contributed by atoms with E-state index in [-0.39, 0.29) is 0 Å². The van der Waals surface area contributed by atoms with Gasteiger partial charge in [0.1, 0.15) is 0 Å². The fourth-order valence-electron chi connectivity index (χ4n) is 4.57. The molecule has 31 heavy (non-hydrogen) atoms. The summed E-state index contributed by atoms with van der Waals surface area (Å²) < 4.78 is 2.39. The molecule has 1 nitrogen and oxygen atoms in total. The van der Waals surface area contributed by atoms with Crippen LogP contribution in [0.3, 0.4) is 0 Å². The number of fused-ring (bicyclic) bond motifs is 3.